The number of para-hydroxylation sites is 2. The van der Waals surface area contributed by atoms with Crippen LogP contribution in [0.4, 0.5) is 10.1 Å². The molecule has 1 aliphatic heterocycles. The van der Waals surface area contributed by atoms with Gasteiger partial charge in [-0.3, -0.25) is 4.79 Å². The Kier molecular flexibility index (Phi) is 5.94. The van der Waals surface area contributed by atoms with Gasteiger partial charge in [0.25, 0.3) is 0 Å². The second kappa shape index (κ2) is 8.56. The van der Waals surface area contributed by atoms with E-state index in [1.807, 2.05) is 29.2 Å². The van der Waals surface area contributed by atoms with E-state index in [4.69, 9.17) is 9.47 Å². The minimum Gasteiger partial charge on any atom is -0.495 e. The molecule has 0 aliphatic carbocycles. The molecule has 0 unspecified atom stereocenters. The minimum absolute atomic E-state index is 0.0757. The van der Waals surface area contributed by atoms with Gasteiger partial charge in [0.1, 0.15) is 17.3 Å². The number of piperazine rings is 1. The van der Waals surface area contributed by atoms with Gasteiger partial charge in [-0.15, -0.1) is 0 Å². The number of hydrogen-bond donors (Lipinski definition) is 0. The fourth-order valence-electron chi connectivity index (χ4n) is 3.03. The van der Waals surface area contributed by atoms with Crippen molar-refractivity contribution in [2.75, 3.05) is 44.8 Å². The first-order valence-electron chi connectivity index (χ1n) is 8.71. The monoisotopic (exact) mass is 358 g/mol. The van der Waals surface area contributed by atoms with Crippen LogP contribution in [0.5, 0.6) is 11.5 Å². The quantitative estimate of drug-likeness (QED) is 0.796. The van der Waals surface area contributed by atoms with Gasteiger partial charge >= 0.3 is 0 Å². The number of nitrogens with zero attached hydrogens (tertiary/aromatic N) is 2. The second-order valence-corrected chi connectivity index (χ2v) is 6.09. The number of benzene rings is 2. The number of anilines is 1. The van der Waals surface area contributed by atoms with Gasteiger partial charge in [0.2, 0.25) is 5.91 Å². The Hall–Kier alpha value is -2.76. The van der Waals surface area contributed by atoms with E-state index >= 15 is 0 Å². The minimum atomic E-state index is -0.304. The van der Waals surface area contributed by atoms with Gasteiger partial charge < -0.3 is 19.3 Å². The van der Waals surface area contributed by atoms with E-state index in [0.29, 0.717) is 25.3 Å². The lowest BCUT2D eigenvalue weighted by atomic mass is 10.2. The molecule has 2 aromatic rings. The third kappa shape index (κ3) is 4.45. The first kappa shape index (κ1) is 18.0. The first-order chi connectivity index (χ1) is 12.7. The van der Waals surface area contributed by atoms with Crippen LogP contribution in [0.3, 0.4) is 0 Å². The Morgan fingerprint density at radius 3 is 2.42 bits per heavy atom. The third-order valence-corrected chi connectivity index (χ3v) is 4.46. The molecule has 0 spiro atoms. The molecule has 0 aromatic heterocycles. The summed E-state index contributed by atoms with van der Waals surface area (Å²) in [5.74, 6) is 1.19. The van der Waals surface area contributed by atoms with Crippen molar-refractivity contribution in [1.29, 1.82) is 0 Å². The van der Waals surface area contributed by atoms with Crippen LogP contribution in [0.15, 0.2) is 48.5 Å². The number of ether oxygens (including phenoxy) is 2. The molecule has 0 N–H and O–H groups in total. The highest BCUT2D eigenvalue weighted by atomic mass is 19.1. The number of carbonyl (C=O) groups is 1. The van der Waals surface area contributed by atoms with Gasteiger partial charge in [0.15, 0.2) is 0 Å². The van der Waals surface area contributed by atoms with E-state index in [1.54, 1.807) is 19.2 Å². The highest BCUT2D eigenvalue weighted by molar-refractivity contribution is 5.76. The van der Waals surface area contributed by atoms with E-state index in [1.165, 1.54) is 12.1 Å². The van der Waals surface area contributed by atoms with Crippen LogP contribution in [0.2, 0.25) is 0 Å². The van der Waals surface area contributed by atoms with Crippen LogP contribution in [0.1, 0.15) is 6.42 Å². The van der Waals surface area contributed by atoms with E-state index in [2.05, 4.69) is 4.90 Å². The maximum absolute atomic E-state index is 12.9. The summed E-state index contributed by atoms with van der Waals surface area (Å²) < 4.78 is 23.8. The number of hydrogen-bond acceptors (Lipinski definition) is 4. The van der Waals surface area contributed by atoms with Crippen molar-refractivity contribution in [2.45, 2.75) is 6.42 Å². The molecular weight excluding hydrogens is 335 g/mol. The van der Waals surface area contributed by atoms with E-state index < -0.39 is 0 Å². The van der Waals surface area contributed by atoms with Crippen molar-refractivity contribution < 1.29 is 18.7 Å². The Morgan fingerprint density at radius 1 is 1.04 bits per heavy atom. The first-order valence-corrected chi connectivity index (χ1v) is 8.71. The Bertz CT molecular complexity index is 728. The highest BCUT2D eigenvalue weighted by Gasteiger charge is 2.22. The Balaban J connectivity index is 1.45. The van der Waals surface area contributed by atoms with Gasteiger partial charge in [-0.1, -0.05) is 12.1 Å². The van der Waals surface area contributed by atoms with Crippen LogP contribution < -0.4 is 14.4 Å². The summed E-state index contributed by atoms with van der Waals surface area (Å²) in [5, 5.41) is 0. The number of halogens is 1. The molecule has 6 heteroatoms. The maximum atomic E-state index is 12.9. The Morgan fingerprint density at radius 2 is 1.73 bits per heavy atom. The van der Waals surface area contributed by atoms with Gasteiger partial charge in [-0.25, -0.2) is 4.39 Å². The summed E-state index contributed by atoms with van der Waals surface area (Å²) in [7, 11) is 1.67. The summed E-state index contributed by atoms with van der Waals surface area (Å²) >= 11 is 0. The Labute approximate surface area is 152 Å². The van der Waals surface area contributed by atoms with Crippen molar-refractivity contribution in [2.24, 2.45) is 0 Å². The van der Waals surface area contributed by atoms with Crippen molar-refractivity contribution in [3.8, 4) is 11.5 Å². The van der Waals surface area contributed by atoms with Crippen molar-refractivity contribution in [3.63, 3.8) is 0 Å². The molecule has 1 amide bonds. The van der Waals surface area contributed by atoms with Crippen LogP contribution in [-0.4, -0.2) is 50.7 Å². The normalized spacial score (nSPS) is 14.2. The number of amides is 1. The van der Waals surface area contributed by atoms with Crippen LogP contribution in [0.25, 0.3) is 0 Å². The molecule has 0 atom stereocenters. The number of carbonyl (C=O) groups excluding carboxylic acids is 1. The average Bonchev–Trinajstić information content (AvgIpc) is 2.69. The van der Waals surface area contributed by atoms with Crippen LogP contribution in [0, 0.1) is 5.82 Å². The fraction of sp³-hybridized carbons (Fsp3) is 0.350. The zero-order valence-corrected chi connectivity index (χ0v) is 14.9. The summed E-state index contributed by atoms with van der Waals surface area (Å²) in [4.78, 5) is 16.4. The standard InChI is InChI=1S/C20H23FN2O3/c1-25-19-5-3-2-4-18(19)22-11-13-23(14-12-22)20(24)10-15-26-17-8-6-16(21)7-9-17/h2-9H,10-15H2,1H3. The van der Waals surface area contributed by atoms with Crippen molar-refractivity contribution in [3.05, 3.63) is 54.3 Å². The van der Waals surface area contributed by atoms with Crippen molar-refractivity contribution >= 4 is 11.6 Å². The van der Waals surface area contributed by atoms with Gasteiger partial charge in [-0.2, -0.15) is 0 Å². The predicted molar refractivity (Wildman–Crippen MR) is 98.3 cm³/mol. The molecule has 3 rings (SSSR count). The van der Waals surface area contributed by atoms with Gasteiger partial charge in [-0.05, 0) is 36.4 Å². The van der Waals surface area contributed by atoms with E-state index in [-0.39, 0.29) is 18.3 Å². The lowest BCUT2D eigenvalue weighted by Crippen LogP contribution is -2.49. The summed E-state index contributed by atoms with van der Waals surface area (Å²) in [6.07, 6.45) is 0.312. The molecule has 1 aliphatic rings. The second-order valence-electron chi connectivity index (χ2n) is 6.09. The molecule has 0 radical (unpaired) electrons. The largest absolute Gasteiger partial charge is 0.495 e. The number of methoxy groups -OCH3 is 1. The SMILES string of the molecule is COc1ccccc1N1CCN(C(=O)CCOc2ccc(F)cc2)CC1. The van der Waals surface area contributed by atoms with Gasteiger partial charge in [0, 0.05) is 26.2 Å². The molecule has 1 heterocycles. The van der Waals surface area contributed by atoms with Crippen LogP contribution in [-0.2, 0) is 4.79 Å². The molecule has 26 heavy (non-hydrogen) atoms. The molecule has 2 aromatic carbocycles. The lowest BCUT2D eigenvalue weighted by molar-refractivity contribution is -0.132. The molecule has 138 valence electrons. The molecule has 1 saturated heterocycles. The summed E-state index contributed by atoms with van der Waals surface area (Å²) in [6.45, 7) is 3.17. The summed E-state index contributed by atoms with van der Waals surface area (Å²) in [5.41, 5.74) is 1.06. The van der Waals surface area contributed by atoms with E-state index in [9.17, 15) is 9.18 Å². The molecule has 0 bridgehead atoms. The topological polar surface area (TPSA) is 42.0 Å². The lowest BCUT2D eigenvalue weighted by Gasteiger charge is -2.36. The fourth-order valence-corrected chi connectivity index (χ4v) is 3.03. The van der Waals surface area contributed by atoms with Crippen LogP contribution >= 0.6 is 0 Å². The zero-order valence-electron chi connectivity index (χ0n) is 14.9. The molecular formula is C20H23FN2O3. The average molecular weight is 358 g/mol. The highest BCUT2D eigenvalue weighted by Crippen LogP contribution is 2.28. The molecule has 0 saturated carbocycles. The molecule has 1 fully saturated rings. The molecule has 5 nitrogen and oxygen atoms in total. The van der Waals surface area contributed by atoms with Crippen molar-refractivity contribution in [1.82, 2.24) is 4.90 Å². The zero-order chi connectivity index (χ0) is 18.4. The third-order valence-electron chi connectivity index (χ3n) is 4.46. The smallest absolute Gasteiger partial charge is 0.226 e. The van der Waals surface area contributed by atoms with Gasteiger partial charge in [0.05, 0.1) is 25.8 Å². The summed E-state index contributed by atoms with van der Waals surface area (Å²) in [6, 6.07) is 13.7. The predicted octanol–water partition coefficient (Wildman–Crippen LogP) is 2.95. The van der Waals surface area contributed by atoms with E-state index in [0.717, 1.165) is 24.5 Å². The maximum Gasteiger partial charge on any atom is 0.226 e. The number of rotatable bonds is 6.